The summed E-state index contributed by atoms with van der Waals surface area (Å²) in [6.07, 6.45) is 2.82. The van der Waals surface area contributed by atoms with Gasteiger partial charge in [0.05, 0.1) is 12.8 Å². The van der Waals surface area contributed by atoms with Gasteiger partial charge in [-0.1, -0.05) is 0 Å². The number of hydrogen-bond donors (Lipinski definition) is 0. The number of nitrogens with zero attached hydrogens (tertiary/aromatic N) is 5. The van der Waals surface area contributed by atoms with Gasteiger partial charge in [-0.05, 0) is 20.8 Å². The average molecular weight is 331 g/mol. The van der Waals surface area contributed by atoms with E-state index < -0.39 is 0 Å². The van der Waals surface area contributed by atoms with E-state index in [1.807, 2.05) is 36.5 Å². The maximum atomic E-state index is 12.2. The van der Waals surface area contributed by atoms with Gasteiger partial charge in [0.2, 0.25) is 0 Å². The molecule has 3 heterocycles. The molecule has 7 nitrogen and oxygen atoms in total. The van der Waals surface area contributed by atoms with Crippen LogP contribution in [0, 0.1) is 6.92 Å². The highest BCUT2D eigenvalue weighted by Gasteiger charge is 2.28. The number of aryl methyl sites for hydroxylation is 2. The summed E-state index contributed by atoms with van der Waals surface area (Å²) in [6.45, 7) is 9.59. The van der Waals surface area contributed by atoms with Gasteiger partial charge in [-0.3, -0.25) is 14.3 Å². The van der Waals surface area contributed by atoms with E-state index in [0.29, 0.717) is 12.3 Å². The maximum Gasteiger partial charge on any atom is 0.359 e. The summed E-state index contributed by atoms with van der Waals surface area (Å²) in [7, 11) is 1.96. The molecule has 0 amide bonds. The van der Waals surface area contributed by atoms with Crippen molar-refractivity contribution >= 4 is 5.97 Å². The van der Waals surface area contributed by atoms with Crippen molar-refractivity contribution in [2.45, 2.75) is 46.8 Å². The van der Waals surface area contributed by atoms with Crippen LogP contribution in [0.25, 0.3) is 0 Å². The maximum absolute atomic E-state index is 12.2. The molecule has 0 spiro atoms. The van der Waals surface area contributed by atoms with Gasteiger partial charge in [0.15, 0.2) is 5.69 Å². The fraction of sp³-hybridized carbons (Fsp3) is 0.588. The third-order valence-corrected chi connectivity index (χ3v) is 4.71. The van der Waals surface area contributed by atoms with Crippen LogP contribution in [0.2, 0.25) is 0 Å². The van der Waals surface area contributed by atoms with E-state index in [1.165, 1.54) is 17.0 Å². The minimum Gasteiger partial charge on any atom is -0.461 e. The topological polar surface area (TPSA) is 65.2 Å². The number of ether oxygens (including phenoxy) is 1. The first-order valence-corrected chi connectivity index (χ1v) is 8.50. The van der Waals surface area contributed by atoms with Crippen molar-refractivity contribution in [1.82, 2.24) is 24.5 Å². The predicted octanol–water partition coefficient (Wildman–Crippen LogP) is 1.68. The van der Waals surface area contributed by atoms with E-state index in [2.05, 4.69) is 22.0 Å². The zero-order valence-corrected chi connectivity index (χ0v) is 14.9. The van der Waals surface area contributed by atoms with E-state index >= 15 is 0 Å². The summed E-state index contributed by atoms with van der Waals surface area (Å²) in [5.74, 6) is -0.319. The van der Waals surface area contributed by atoms with Crippen LogP contribution in [-0.2, 0) is 37.8 Å². The van der Waals surface area contributed by atoms with Crippen LogP contribution in [0.3, 0.4) is 0 Å². The standard InChI is InChI=1S/C17H25N5O2/c1-5-22-15-7-8-21(10-13-9-18-20(4)12(13)3)11-14(15)16(19-22)17(23)24-6-2/h9H,5-8,10-11H2,1-4H3. The Kier molecular flexibility index (Phi) is 4.71. The Bertz CT molecular complexity index is 746. The van der Waals surface area contributed by atoms with Crippen molar-refractivity contribution in [2.75, 3.05) is 13.2 Å². The third-order valence-electron chi connectivity index (χ3n) is 4.71. The normalized spacial score (nSPS) is 14.7. The monoisotopic (exact) mass is 331 g/mol. The highest BCUT2D eigenvalue weighted by atomic mass is 16.5. The summed E-state index contributed by atoms with van der Waals surface area (Å²) in [5.41, 5.74) is 5.06. The molecule has 0 fully saturated rings. The molecule has 7 heteroatoms. The van der Waals surface area contributed by atoms with Crippen molar-refractivity contribution in [3.63, 3.8) is 0 Å². The highest BCUT2D eigenvalue weighted by molar-refractivity contribution is 5.89. The second-order valence-corrected chi connectivity index (χ2v) is 6.15. The number of carbonyl (C=O) groups excluding carboxylic acids is 1. The van der Waals surface area contributed by atoms with Crippen molar-refractivity contribution < 1.29 is 9.53 Å². The van der Waals surface area contributed by atoms with Gasteiger partial charge in [-0.2, -0.15) is 10.2 Å². The summed E-state index contributed by atoms with van der Waals surface area (Å²) >= 11 is 0. The van der Waals surface area contributed by atoms with E-state index in [-0.39, 0.29) is 5.97 Å². The zero-order chi connectivity index (χ0) is 17.3. The molecule has 24 heavy (non-hydrogen) atoms. The molecule has 2 aromatic heterocycles. The largest absolute Gasteiger partial charge is 0.461 e. The molecule has 0 saturated heterocycles. The lowest BCUT2D eigenvalue weighted by atomic mass is 10.0. The molecule has 0 saturated carbocycles. The Balaban J connectivity index is 1.84. The van der Waals surface area contributed by atoms with Crippen LogP contribution in [0.1, 0.15) is 46.9 Å². The van der Waals surface area contributed by atoms with E-state index in [9.17, 15) is 4.79 Å². The third kappa shape index (κ3) is 2.96. The first-order chi connectivity index (χ1) is 11.5. The smallest absolute Gasteiger partial charge is 0.359 e. The van der Waals surface area contributed by atoms with Crippen LogP contribution < -0.4 is 0 Å². The van der Waals surface area contributed by atoms with Gasteiger partial charge >= 0.3 is 5.97 Å². The van der Waals surface area contributed by atoms with Crippen LogP contribution in [0.15, 0.2) is 6.20 Å². The molecule has 3 rings (SSSR count). The quantitative estimate of drug-likeness (QED) is 0.780. The van der Waals surface area contributed by atoms with Crippen LogP contribution >= 0.6 is 0 Å². The summed E-state index contributed by atoms with van der Waals surface area (Å²) in [4.78, 5) is 14.6. The molecule has 0 unspecified atom stereocenters. The number of esters is 1. The SMILES string of the molecule is CCOC(=O)c1nn(CC)c2c1CN(Cc1cnn(C)c1C)CC2. The number of hydrogen-bond acceptors (Lipinski definition) is 5. The van der Waals surface area contributed by atoms with Crippen LogP contribution in [-0.4, -0.2) is 43.6 Å². The molecule has 1 aliphatic rings. The number of rotatable bonds is 5. The first-order valence-electron chi connectivity index (χ1n) is 8.50. The average Bonchev–Trinajstić information content (AvgIpc) is 3.10. The molecule has 130 valence electrons. The van der Waals surface area contributed by atoms with Crippen molar-refractivity contribution in [1.29, 1.82) is 0 Å². The lowest BCUT2D eigenvalue weighted by Gasteiger charge is -2.27. The Morgan fingerprint density at radius 3 is 2.79 bits per heavy atom. The Morgan fingerprint density at radius 1 is 1.38 bits per heavy atom. The van der Waals surface area contributed by atoms with E-state index in [1.54, 1.807) is 0 Å². The van der Waals surface area contributed by atoms with Gasteiger partial charge in [-0.15, -0.1) is 0 Å². The lowest BCUT2D eigenvalue weighted by molar-refractivity contribution is 0.0515. The summed E-state index contributed by atoms with van der Waals surface area (Å²) < 4.78 is 9.01. The fourth-order valence-electron chi connectivity index (χ4n) is 3.25. The molecule has 0 radical (unpaired) electrons. The number of aromatic nitrogens is 4. The molecule has 0 aliphatic carbocycles. The Labute approximate surface area is 142 Å². The Morgan fingerprint density at radius 2 is 2.17 bits per heavy atom. The van der Waals surface area contributed by atoms with Gasteiger partial charge < -0.3 is 4.74 Å². The summed E-state index contributed by atoms with van der Waals surface area (Å²) in [6, 6.07) is 0. The van der Waals surface area contributed by atoms with Gasteiger partial charge in [0.1, 0.15) is 0 Å². The van der Waals surface area contributed by atoms with Gasteiger partial charge in [0, 0.05) is 62.2 Å². The van der Waals surface area contributed by atoms with Crippen molar-refractivity contribution in [2.24, 2.45) is 7.05 Å². The molecule has 0 bridgehead atoms. The van der Waals surface area contributed by atoms with E-state index in [4.69, 9.17) is 4.74 Å². The molecule has 0 aromatic carbocycles. The minimum absolute atomic E-state index is 0.319. The highest BCUT2D eigenvalue weighted by Crippen LogP contribution is 2.25. The predicted molar refractivity (Wildman–Crippen MR) is 89.6 cm³/mol. The Hall–Kier alpha value is -2.15. The molecular formula is C17H25N5O2. The number of fused-ring (bicyclic) bond motifs is 1. The van der Waals surface area contributed by atoms with Crippen LogP contribution in [0.5, 0.6) is 0 Å². The molecule has 2 aromatic rings. The van der Waals surface area contributed by atoms with Crippen molar-refractivity contribution in [3.05, 3.63) is 34.4 Å². The second-order valence-electron chi connectivity index (χ2n) is 6.15. The molecule has 1 aliphatic heterocycles. The fourth-order valence-corrected chi connectivity index (χ4v) is 3.25. The van der Waals surface area contributed by atoms with Crippen LogP contribution in [0.4, 0.5) is 0 Å². The van der Waals surface area contributed by atoms with Gasteiger partial charge in [-0.25, -0.2) is 4.79 Å². The molecule has 0 atom stereocenters. The van der Waals surface area contributed by atoms with Crippen molar-refractivity contribution in [3.8, 4) is 0 Å². The lowest BCUT2D eigenvalue weighted by Crippen LogP contribution is -2.31. The molecular weight excluding hydrogens is 306 g/mol. The summed E-state index contributed by atoms with van der Waals surface area (Å²) in [5, 5.41) is 8.80. The van der Waals surface area contributed by atoms with E-state index in [0.717, 1.165) is 38.2 Å². The minimum atomic E-state index is -0.319. The molecule has 0 N–H and O–H groups in total. The van der Waals surface area contributed by atoms with Gasteiger partial charge in [0.25, 0.3) is 0 Å². The first kappa shape index (κ1) is 16.7. The second kappa shape index (κ2) is 6.76. The number of carbonyl (C=O) groups is 1. The zero-order valence-electron chi connectivity index (χ0n) is 14.9.